The van der Waals surface area contributed by atoms with Gasteiger partial charge in [0.2, 0.25) is 5.91 Å². The quantitative estimate of drug-likeness (QED) is 0.774. The van der Waals surface area contributed by atoms with E-state index in [2.05, 4.69) is 5.32 Å². The molecule has 1 amide bonds. The van der Waals surface area contributed by atoms with Crippen molar-refractivity contribution >= 4 is 5.91 Å². The molecule has 0 spiro atoms. The van der Waals surface area contributed by atoms with Crippen LogP contribution in [0.3, 0.4) is 0 Å². The average molecular weight is 229 g/mol. The van der Waals surface area contributed by atoms with Gasteiger partial charge >= 0.3 is 0 Å². The van der Waals surface area contributed by atoms with Crippen LogP contribution in [0.4, 0.5) is 8.78 Å². The second-order valence-electron chi connectivity index (χ2n) is 5.77. The predicted molar refractivity (Wildman–Crippen MR) is 55.1 cm³/mol. The van der Waals surface area contributed by atoms with Crippen LogP contribution in [0.5, 0.6) is 0 Å². The molecule has 0 heterocycles. The molecule has 0 aromatic heterocycles. The van der Waals surface area contributed by atoms with Gasteiger partial charge in [0, 0.05) is 12.0 Å². The van der Waals surface area contributed by atoms with E-state index >= 15 is 0 Å². The molecule has 4 saturated carbocycles. The van der Waals surface area contributed by atoms with Crippen LogP contribution in [0.1, 0.15) is 44.9 Å². The number of carbonyl (C=O) groups excluding carboxylic acids is 1. The van der Waals surface area contributed by atoms with Crippen molar-refractivity contribution in [2.24, 2.45) is 11.8 Å². The van der Waals surface area contributed by atoms with Gasteiger partial charge in [-0.1, -0.05) is 0 Å². The summed E-state index contributed by atoms with van der Waals surface area (Å²) in [5, 5.41) is 2.92. The minimum absolute atomic E-state index is 0.134. The van der Waals surface area contributed by atoms with Gasteiger partial charge in [-0.05, 0) is 44.4 Å². The summed E-state index contributed by atoms with van der Waals surface area (Å²) in [6, 6.07) is 0. The van der Waals surface area contributed by atoms with E-state index < -0.39 is 17.7 Å². The largest absolute Gasteiger partial charge is 0.350 e. The van der Waals surface area contributed by atoms with Gasteiger partial charge < -0.3 is 5.32 Å². The average Bonchev–Trinajstić information content (AvgIpc) is 2.90. The molecule has 1 unspecified atom stereocenters. The van der Waals surface area contributed by atoms with Crippen molar-refractivity contribution in [3.05, 3.63) is 0 Å². The Morgan fingerprint density at radius 2 is 1.62 bits per heavy atom. The van der Waals surface area contributed by atoms with Crippen molar-refractivity contribution < 1.29 is 13.6 Å². The molecule has 2 nitrogen and oxygen atoms in total. The van der Waals surface area contributed by atoms with E-state index in [9.17, 15) is 13.6 Å². The summed E-state index contributed by atoms with van der Waals surface area (Å²) in [5.41, 5.74) is -0.134. The lowest BCUT2D eigenvalue weighted by molar-refractivity contribution is -0.127. The molecule has 2 bridgehead atoms. The van der Waals surface area contributed by atoms with Gasteiger partial charge in [-0.15, -0.1) is 0 Å². The van der Waals surface area contributed by atoms with Gasteiger partial charge in [0.15, 0.2) is 0 Å². The molecule has 4 fully saturated rings. The highest BCUT2D eigenvalue weighted by Crippen LogP contribution is 2.50. The topological polar surface area (TPSA) is 29.1 Å². The highest BCUT2D eigenvalue weighted by Gasteiger charge is 2.62. The molecule has 4 heteroatoms. The highest BCUT2D eigenvalue weighted by atomic mass is 19.3. The smallest absolute Gasteiger partial charge is 0.260 e. The number of nitrogens with one attached hydrogen (secondary N) is 1. The van der Waals surface area contributed by atoms with Gasteiger partial charge in [-0.3, -0.25) is 4.79 Å². The van der Waals surface area contributed by atoms with Crippen molar-refractivity contribution in [2.45, 2.75) is 56.4 Å². The molecule has 0 aromatic rings. The fourth-order valence-corrected chi connectivity index (χ4v) is 3.28. The summed E-state index contributed by atoms with van der Waals surface area (Å²) in [5.74, 6) is -3.36. The van der Waals surface area contributed by atoms with Crippen LogP contribution >= 0.6 is 0 Å². The number of halogens is 2. The molecule has 0 aromatic carbocycles. The summed E-state index contributed by atoms with van der Waals surface area (Å²) < 4.78 is 25.6. The molecule has 0 aliphatic heterocycles. The zero-order valence-electron chi connectivity index (χ0n) is 9.27. The van der Waals surface area contributed by atoms with Gasteiger partial charge in [0.25, 0.3) is 5.92 Å². The molecule has 0 radical (unpaired) electrons. The molecule has 4 aliphatic carbocycles. The Bertz CT molecular complexity index is 307. The Kier molecular flexibility index (Phi) is 2.08. The van der Waals surface area contributed by atoms with Gasteiger partial charge in [0.1, 0.15) is 5.92 Å². The second-order valence-corrected chi connectivity index (χ2v) is 5.77. The first kappa shape index (κ1) is 10.5. The molecule has 1 atom stereocenters. The molecular formula is C12H17F2NO. The first-order valence-electron chi connectivity index (χ1n) is 6.21. The van der Waals surface area contributed by atoms with Crippen LogP contribution in [0.2, 0.25) is 0 Å². The molecular weight excluding hydrogens is 212 g/mol. The molecule has 0 saturated heterocycles. The van der Waals surface area contributed by atoms with Crippen molar-refractivity contribution in [3.8, 4) is 0 Å². The first-order valence-corrected chi connectivity index (χ1v) is 6.21. The molecule has 4 rings (SSSR count). The monoisotopic (exact) mass is 229 g/mol. The molecule has 1 N–H and O–H groups in total. The zero-order chi connectivity index (χ0) is 11.4. The van der Waals surface area contributed by atoms with Crippen molar-refractivity contribution in [1.29, 1.82) is 0 Å². The number of fused-ring (bicyclic) bond motifs is 3. The Morgan fingerprint density at radius 1 is 1.12 bits per heavy atom. The van der Waals surface area contributed by atoms with E-state index in [0.29, 0.717) is 0 Å². The summed E-state index contributed by atoms with van der Waals surface area (Å²) >= 11 is 0. The predicted octanol–water partition coefficient (Wildman–Crippen LogP) is 2.48. The second kappa shape index (κ2) is 3.17. The number of hydrogen-bond acceptors (Lipinski definition) is 1. The molecule has 16 heavy (non-hydrogen) atoms. The van der Waals surface area contributed by atoms with Crippen molar-refractivity contribution in [2.75, 3.05) is 0 Å². The zero-order valence-corrected chi connectivity index (χ0v) is 9.27. The highest BCUT2D eigenvalue weighted by molar-refractivity contribution is 5.83. The lowest BCUT2D eigenvalue weighted by Crippen LogP contribution is -2.54. The number of rotatable bonds is 2. The standard InChI is InChI=1S/C12H17F2NO/c13-12(14)7-9(12)10(16)15-11-4-1-8(2-5-11)3-6-11/h8-9H,1-7H2,(H,15,16). The van der Waals surface area contributed by atoms with E-state index in [1.807, 2.05) is 0 Å². The summed E-state index contributed by atoms with van der Waals surface area (Å²) in [6.07, 6.45) is 6.17. The summed E-state index contributed by atoms with van der Waals surface area (Å²) in [6.45, 7) is 0. The number of carbonyl (C=O) groups is 1. The fourth-order valence-electron chi connectivity index (χ4n) is 3.28. The third-order valence-electron chi connectivity index (χ3n) is 4.62. The molecule has 90 valence electrons. The van der Waals surface area contributed by atoms with Crippen LogP contribution in [0.25, 0.3) is 0 Å². The Hall–Kier alpha value is -0.670. The third-order valence-corrected chi connectivity index (χ3v) is 4.62. The van der Waals surface area contributed by atoms with Crippen LogP contribution in [0, 0.1) is 11.8 Å². The van der Waals surface area contributed by atoms with Crippen molar-refractivity contribution in [1.82, 2.24) is 5.32 Å². The minimum Gasteiger partial charge on any atom is -0.350 e. The summed E-state index contributed by atoms with van der Waals surface area (Å²) in [7, 11) is 0. The maximum atomic E-state index is 12.8. The van der Waals surface area contributed by atoms with E-state index in [1.54, 1.807) is 0 Å². The lowest BCUT2D eigenvalue weighted by Gasteiger charge is -2.47. The Balaban J connectivity index is 1.63. The Morgan fingerprint density at radius 3 is 2.06 bits per heavy atom. The number of amides is 1. The normalized spacial score (nSPS) is 44.1. The molecule has 4 aliphatic rings. The summed E-state index contributed by atoms with van der Waals surface area (Å²) in [4.78, 5) is 11.7. The van der Waals surface area contributed by atoms with Crippen LogP contribution in [-0.2, 0) is 4.79 Å². The van der Waals surface area contributed by atoms with Gasteiger partial charge in [0.05, 0.1) is 0 Å². The Labute approximate surface area is 93.8 Å². The maximum absolute atomic E-state index is 12.8. The van der Waals surface area contributed by atoms with Crippen LogP contribution in [0.15, 0.2) is 0 Å². The first-order chi connectivity index (χ1) is 7.51. The number of alkyl halides is 2. The maximum Gasteiger partial charge on any atom is 0.260 e. The van der Waals surface area contributed by atoms with E-state index in [0.717, 1.165) is 44.4 Å². The van der Waals surface area contributed by atoms with Crippen LogP contribution in [-0.4, -0.2) is 17.4 Å². The SMILES string of the molecule is O=C(NC12CCC(CC1)CC2)C1CC1(F)F. The van der Waals surface area contributed by atoms with Crippen LogP contribution < -0.4 is 5.32 Å². The number of hydrogen-bond donors (Lipinski definition) is 1. The van der Waals surface area contributed by atoms with E-state index in [1.165, 1.54) is 0 Å². The lowest BCUT2D eigenvalue weighted by atomic mass is 9.66. The van der Waals surface area contributed by atoms with E-state index in [4.69, 9.17) is 0 Å². The van der Waals surface area contributed by atoms with Gasteiger partial charge in [-0.2, -0.15) is 0 Å². The van der Waals surface area contributed by atoms with Gasteiger partial charge in [-0.25, -0.2) is 8.78 Å². The fraction of sp³-hybridized carbons (Fsp3) is 0.917. The van der Waals surface area contributed by atoms with E-state index in [-0.39, 0.29) is 12.0 Å². The minimum atomic E-state index is -2.73. The van der Waals surface area contributed by atoms with Crippen molar-refractivity contribution in [3.63, 3.8) is 0 Å². The third kappa shape index (κ3) is 1.62.